The predicted octanol–water partition coefficient (Wildman–Crippen LogP) is 3.23. The van der Waals surface area contributed by atoms with E-state index in [1.54, 1.807) is 12.3 Å². The van der Waals surface area contributed by atoms with Crippen LogP contribution in [0, 0.1) is 17.8 Å². The highest BCUT2D eigenvalue weighted by atomic mass is 32.2. The highest BCUT2D eigenvalue weighted by Gasteiger charge is 2.51. The lowest BCUT2D eigenvalue weighted by Crippen LogP contribution is -2.44. The number of hydrogen-bond acceptors (Lipinski definition) is 8. The van der Waals surface area contributed by atoms with Gasteiger partial charge in [0.2, 0.25) is 0 Å². The Morgan fingerprint density at radius 2 is 1.97 bits per heavy atom. The summed E-state index contributed by atoms with van der Waals surface area (Å²) in [7, 11) is 0. The van der Waals surface area contributed by atoms with Crippen molar-refractivity contribution in [2.45, 2.75) is 25.0 Å². The van der Waals surface area contributed by atoms with Crippen molar-refractivity contribution >= 4 is 35.0 Å². The van der Waals surface area contributed by atoms with Gasteiger partial charge in [-0.2, -0.15) is 11.8 Å². The largest absolute Gasteiger partial charge is 0.511 e. The SMILES string of the molecule is CSCc1cc(-c2ccccn2)c2c(c1O)C(O)=C1C(=O)C3C(O)=C(C(N)=O)C(=O)C[C@@H]3C[C@@H]1C2. The summed E-state index contributed by atoms with van der Waals surface area (Å²) in [6.07, 6.45) is 4.19. The van der Waals surface area contributed by atoms with Gasteiger partial charge in [-0.15, -0.1) is 0 Å². The average molecular weight is 493 g/mol. The highest BCUT2D eigenvalue weighted by molar-refractivity contribution is 7.97. The molecule has 3 atom stereocenters. The molecule has 1 aromatic heterocycles. The Bertz CT molecular complexity index is 1350. The summed E-state index contributed by atoms with van der Waals surface area (Å²) < 4.78 is 0. The molecule has 0 aliphatic heterocycles. The van der Waals surface area contributed by atoms with Gasteiger partial charge in [0, 0.05) is 35.1 Å². The number of amides is 1. The van der Waals surface area contributed by atoms with Crippen molar-refractivity contribution in [2.75, 3.05) is 6.26 Å². The molecule has 1 unspecified atom stereocenters. The van der Waals surface area contributed by atoms with Gasteiger partial charge in [0.15, 0.2) is 11.6 Å². The number of carbonyl (C=O) groups is 3. The molecule has 180 valence electrons. The van der Waals surface area contributed by atoms with E-state index in [-0.39, 0.29) is 29.1 Å². The smallest absolute Gasteiger partial charge is 0.255 e. The van der Waals surface area contributed by atoms with Crippen LogP contribution < -0.4 is 5.73 Å². The van der Waals surface area contributed by atoms with Gasteiger partial charge in [0.25, 0.3) is 5.91 Å². The van der Waals surface area contributed by atoms with Gasteiger partial charge in [-0.25, -0.2) is 0 Å². The molecule has 8 nitrogen and oxygen atoms in total. The number of fused-ring (bicyclic) bond motifs is 3. The van der Waals surface area contributed by atoms with Crippen molar-refractivity contribution in [1.82, 2.24) is 4.98 Å². The fourth-order valence-electron chi connectivity index (χ4n) is 5.78. The van der Waals surface area contributed by atoms with Crippen molar-refractivity contribution in [1.29, 1.82) is 0 Å². The first kappa shape index (κ1) is 23.2. The molecule has 5 N–H and O–H groups in total. The van der Waals surface area contributed by atoms with Crippen LogP contribution in [0.5, 0.6) is 5.75 Å². The molecular weight excluding hydrogens is 468 g/mol. The van der Waals surface area contributed by atoms with Crippen LogP contribution in [0.15, 0.2) is 47.4 Å². The third kappa shape index (κ3) is 3.53. The molecule has 0 spiro atoms. The lowest BCUT2D eigenvalue weighted by Gasteiger charge is -2.41. The van der Waals surface area contributed by atoms with E-state index in [4.69, 9.17) is 5.73 Å². The van der Waals surface area contributed by atoms with E-state index in [0.29, 0.717) is 35.4 Å². The van der Waals surface area contributed by atoms with Crippen molar-refractivity contribution in [3.63, 3.8) is 0 Å². The second-order valence-electron chi connectivity index (χ2n) is 9.19. The maximum absolute atomic E-state index is 13.6. The van der Waals surface area contributed by atoms with Gasteiger partial charge in [-0.1, -0.05) is 6.07 Å². The normalized spacial score (nSPS) is 23.6. The Morgan fingerprint density at radius 1 is 1.20 bits per heavy atom. The number of nitrogens with two attached hydrogens (primary N) is 1. The van der Waals surface area contributed by atoms with E-state index in [0.717, 1.165) is 5.56 Å². The number of aliphatic hydroxyl groups is 2. The van der Waals surface area contributed by atoms with E-state index < -0.39 is 46.6 Å². The quantitative estimate of drug-likeness (QED) is 0.475. The minimum absolute atomic E-state index is 0.0822. The van der Waals surface area contributed by atoms with Gasteiger partial charge in [-0.3, -0.25) is 19.4 Å². The van der Waals surface area contributed by atoms with E-state index in [1.807, 2.05) is 24.5 Å². The van der Waals surface area contributed by atoms with Gasteiger partial charge < -0.3 is 21.1 Å². The molecule has 5 rings (SSSR count). The number of rotatable bonds is 4. The van der Waals surface area contributed by atoms with Crippen LogP contribution >= 0.6 is 11.8 Å². The van der Waals surface area contributed by atoms with Crippen LogP contribution in [-0.4, -0.2) is 44.0 Å². The molecule has 1 heterocycles. The summed E-state index contributed by atoms with van der Waals surface area (Å²) in [6.45, 7) is 0. The summed E-state index contributed by atoms with van der Waals surface area (Å²) in [6, 6.07) is 7.38. The topological polar surface area (TPSA) is 151 Å². The average Bonchev–Trinajstić information content (AvgIpc) is 2.80. The minimum atomic E-state index is -1.13. The van der Waals surface area contributed by atoms with Crippen LogP contribution in [0.2, 0.25) is 0 Å². The molecule has 1 aromatic carbocycles. The molecule has 0 radical (unpaired) electrons. The standard InChI is InChI=1S/C26H24N2O6S/c1-35-10-13-8-14(16-4-2-3-5-28-16)15-7-11-6-12-9-17(29)21(26(27)34)25(33)19(12)23(31)18(11)24(32)20(15)22(13)30/h2-5,8,11-12,19,30,32-33H,6-7,9-10H2,1H3,(H2,27,34)/t11-,12+,19?/m1/s1. The van der Waals surface area contributed by atoms with Crippen LogP contribution in [0.4, 0.5) is 0 Å². The lowest BCUT2D eigenvalue weighted by molar-refractivity contribution is -0.127. The summed E-state index contributed by atoms with van der Waals surface area (Å²) in [4.78, 5) is 42.3. The van der Waals surface area contributed by atoms with Crippen molar-refractivity contribution in [3.05, 3.63) is 64.1 Å². The number of nitrogens with zero attached hydrogens (tertiary/aromatic N) is 1. The Kier molecular flexibility index (Phi) is 5.67. The number of primary amides is 1. The number of aliphatic hydroxyl groups excluding tert-OH is 2. The Hall–Kier alpha value is -3.59. The van der Waals surface area contributed by atoms with Crippen LogP contribution in [0.25, 0.3) is 17.0 Å². The number of phenolic OH excluding ortho intramolecular Hbond substituents is 1. The first-order valence-corrected chi connectivity index (χ1v) is 12.7. The van der Waals surface area contributed by atoms with Crippen LogP contribution in [0.3, 0.4) is 0 Å². The zero-order valence-electron chi connectivity index (χ0n) is 18.9. The third-order valence-corrected chi connectivity index (χ3v) is 7.81. The number of allylic oxidation sites excluding steroid dienone is 2. The lowest BCUT2D eigenvalue weighted by atomic mass is 9.61. The summed E-state index contributed by atoms with van der Waals surface area (Å²) in [5.74, 6) is -4.82. The van der Waals surface area contributed by atoms with E-state index in [9.17, 15) is 29.7 Å². The van der Waals surface area contributed by atoms with Gasteiger partial charge in [0.05, 0.1) is 17.2 Å². The third-order valence-electron chi connectivity index (χ3n) is 7.21. The molecule has 1 saturated carbocycles. The number of pyridine rings is 1. The number of carbonyl (C=O) groups excluding carboxylic acids is 3. The fraction of sp³-hybridized carbons (Fsp3) is 0.308. The second kappa shape index (κ2) is 8.57. The number of ketones is 2. The molecular formula is C26H24N2O6S. The number of phenols is 1. The first-order chi connectivity index (χ1) is 16.7. The molecule has 0 bridgehead atoms. The molecule has 3 aliphatic rings. The van der Waals surface area contributed by atoms with Crippen molar-refractivity contribution in [2.24, 2.45) is 23.5 Å². The van der Waals surface area contributed by atoms with Gasteiger partial charge >= 0.3 is 0 Å². The zero-order chi connectivity index (χ0) is 25.0. The maximum Gasteiger partial charge on any atom is 0.255 e. The number of Topliss-reactive ketones (excluding diaryl/α,β-unsaturated/α-hetero) is 2. The summed E-state index contributed by atoms with van der Waals surface area (Å²) in [5, 5.41) is 33.2. The summed E-state index contributed by atoms with van der Waals surface area (Å²) in [5.41, 5.74) is 7.77. The van der Waals surface area contributed by atoms with Crippen molar-refractivity contribution < 1.29 is 29.7 Å². The number of hydrogen-bond donors (Lipinski definition) is 4. The van der Waals surface area contributed by atoms with E-state index >= 15 is 0 Å². The molecule has 35 heavy (non-hydrogen) atoms. The fourth-order valence-corrected chi connectivity index (χ4v) is 6.31. The molecule has 1 fully saturated rings. The Labute approximate surface area is 205 Å². The van der Waals surface area contributed by atoms with Gasteiger partial charge in [-0.05, 0) is 54.7 Å². The molecule has 3 aliphatic carbocycles. The maximum atomic E-state index is 13.6. The predicted molar refractivity (Wildman–Crippen MR) is 130 cm³/mol. The second-order valence-corrected chi connectivity index (χ2v) is 10.1. The van der Waals surface area contributed by atoms with Crippen molar-refractivity contribution in [3.8, 4) is 17.0 Å². The first-order valence-electron chi connectivity index (χ1n) is 11.3. The number of aromatic hydroxyl groups is 1. The van der Waals surface area contributed by atoms with Gasteiger partial charge in [0.1, 0.15) is 22.8 Å². The van der Waals surface area contributed by atoms with E-state index in [1.165, 1.54) is 11.8 Å². The molecule has 0 saturated heterocycles. The highest BCUT2D eigenvalue weighted by Crippen LogP contribution is 2.52. The Morgan fingerprint density at radius 3 is 2.63 bits per heavy atom. The molecule has 2 aromatic rings. The zero-order valence-corrected chi connectivity index (χ0v) is 19.8. The summed E-state index contributed by atoms with van der Waals surface area (Å²) >= 11 is 1.51. The Balaban J connectivity index is 1.72. The van der Waals surface area contributed by atoms with Crippen LogP contribution in [-0.2, 0) is 26.6 Å². The molecule has 9 heteroatoms. The van der Waals surface area contributed by atoms with Crippen LogP contribution in [0.1, 0.15) is 29.5 Å². The monoisotopic (exact) mass is 492 g/mol. The number of thioether (sulfide) groups is 1. The molecule has 1 amide bonds. The van der Waals surface area contributed by atoms with E-state index in [2.05, 4.69) is 4.98 Å². The number of benzene rings is 1. The number of aromatic nitrogens is 1. The minimum Gasteiger partial charge on any atom is -0.511 e.